The molecule has 5 aliphatic rings. The summed E-state index contributed by atoms with van der Waals surface area (Å²) in [7, 11) is 2.60. The molecule has 4 amide bonds. The molecule has 2 saturated carbocycles. The molecule has 2 aliphatic carbocycles. The van der Waals surface area contributed by atoms with Gasteiger partial charge in [0.15, 0.2) is 0 Å². The maximum absolute atomic E-state index is 17.2. The molecule has 17 heteroatoms. The summed E-state index contributed by atoms with van der Waals surface area (Å²) in [6.07, 6.45) is 11.1. The molecule has 7 aromatic rings. The lowest BCUT2D eigenvalue weighted by molar-refractivity contribution is -0.136. The number of nitrogens with one attached hydrogen (secondary N) is 4. The monoisotopic (exact) mass is 1070 g/mol. The van der Waals surface area contributed by atoms with Crippen molar-refractivity contribution in [1.29, 1.82) is 0 Å². The van der Waals surface area contributed by atoms with Crippen LogP contribution >= 0.6 is 0 Å². The van der Waals surface area contributed by atoms with Crippen LogP contribution < -0.4 is 15.5 Å². The predicted octanol–water partition coefficient (Wildman–Crippen LogP) is 12.3. The molecule has 12 rings (SSSR count). The third-order valence-corrected chi connectivity index (χ3v) is 18.0. The normalized spacial score (nSPS) is 20.2. The number of likely N-dealkylation sites (tertiary alicyclic amines) is 2. The number of carbonyl (C=O) groups excluding carboxylic acids is 4. The van der Waals surface area contributed by atoms with Gasteiger partial charge in [0, 0.05) is 55.1 Å². The van der Waals surface area contributed by atoms with Gasteiger partial charge in [0.25, 0.3) is 0 Å². The van der Waals surface area contributed by atoms with E-state index in [0.717, 1.165) is 107 Å². The van der Waals surface area contributed by atoms with Crippen LogP contribution in [0, 0.1) is 29.4 Å². The summed E-state index contributed by atoms with van der Waals surface area (Å²) in [5, 5.41) is 7.10. The van der Waals surface area contributed by atoms with Crippen LogP contribution in [0.2, 0.25) is 0 Å². The van der Waals surface area contributed by atoms with Crippen LogP contribution in [0.25, 0.3) is 66.2 Å². The van der Waals surface area contributed by atoms with E-state index in [2.05, 4.69) is 62.8 Å². The Kier molecular flexibility index (Phi) is 14.5. The van der Waals surface area contributed by atoms with E-state index in [1.165, 1.54) is 26.4 Å². The van der Waals surface area contributed by atoms with Gasteiger partial charge < -0.3 is 44.8 Å². The zero-order valence-electron chi connectivity index (χ0n) is 45.2. The van der Waals surface area contributed by atoms with Crippen molar-refractivity contribution >= 4 is 62.5 Å². The van der Waals surface area contributed by atoms with Crippen LogP contribution in [-0.2, 0) is 19.1 Å². The maximum atomic E-state index is 17.2. The maximum Gasteiger partial charge on any atom is 0.407 e. The van der Waals surface area contributed by atoms with Crippen LogP contribution in [0.5, 0.6) is 0 Å². The van der Waals surface area contributed by atoms with E-state index in [-0.39, 0.29) is 23.7 Å². The summed E-state index contributed by atoms with van der Waals surface area (Å²) < 4.78 is 44.1. The standard InChI is InChI=1S/C62H69F2N9O6/c1-35-22-26-71(27-23-35)40-17-8-16-38(28-40)39-29-43-41(44(30-39)46-32-50-52(34-48(46)64)68-58(66-50)54-21-11-25-73(54)60(75)56(70-62(77)79-3)37-14-6-7-15-37)18-9-19-42(43)45-31-49-51(33-47(45)63)67-57(65-49)53-20-10-24-72(53)59(74)55(69-61(76)78-2)36-12-4-5-13-36/h8-9,16-19,28-37,53-56H,4-7,10-15,20-27H2,1-3H3,(H,65,67)(H,66,68)(H,69,76)(H,70,77)/t53-,54-,55-,56-/m0/s1. The Morgan fingerprint density at radius 1 is 0.557 bits per heavy atom. The number of alkyl carbamates (subject to hydrolysis) is 2. The minimum atomic E-state index is -0.718. The molecular formula is C62H69F2N9O6. The Morgan fingerprint density at radius 2 is 1.08 bits per heavy atom. The number of benzene rings is 5. The van der Waals surface area contributed by atoms with Crippen LogP contribution in [0.3, 0.4) is 0 Å². The lowest BCUT2D eigenvalue weighted by atomic mass is 9.88. The number of hydrogen-bond donors (Lipinski definition) is 4. The van der Waals surface area contributed by atoms with Crippen LogP contribution in [0.4, 0.5) is 24.1 Å². The van der Waals surface area contributed by atoms with Gasteiger partial charge in [-0.1, -0.05) is 62.9 Å². The number of imidazole rings is 2. The number of amides is 4. The number of methoxy groups -OCH3 is 2. The Morgan fingerprint density at radius 3 is 1.61 bits per heavy atom. The molecule has 3 saturated heterocycles. The number of ether oxygens (including phenoxy) is 2. The Labute approximate surface area is 458 Å². The van der Waals surface area contributed by atoms with Crippen LogP contribution in [0.15, 0.2) is 78.9 Å². The zero-order chi connectivity index (χ0) is 54.5. The first-order valence-electron chi connectivity index (χ1n) is 28.5. The van der Waals surface area contributed by atoms with Crippen LogP contribution in [-0.4, -0.2) is 106 Å². The van der Waals surface area contributed by atoms with E-state index in [4.69, 9.17) is 19.4 Å². The van der Waals surface area contributed by atoms with Crippen molar-refractivity contribution in [1.82, 2.24) is 40.4 Å². The van der Waals surface area contributed by atoms with Gasteiger partial charge in [-0.05, 0) is 151 Å². The molecule has 412 valence electrons. The van der Waals surface area contributed by atoms with Gasteiger partial charge in [-0.3, -0.25) is 9.59 Å². The quantitative estimate of drug-likeness (QED) is 0.0927. The lowest BCUT2D eigenvalue weighted by Gasteiger charge is -2.32. The van der Waals surface area contributed by atoms with Crippen molar-refractivity contribution in [3.05, 3.63) is 102 Å². The van der Waals surface area contributed by atoms with Crippen LogP contribution in [0.1, 0.15) is 121 Å². The molecule has 0 unspecified atom stereocenters. The second-order valence-electron chi connectivity index (χ2n) is 22.8. The van der Waals surface area contributed by atoms with E-state index in [0.29, 0.717) is 98.6 Å². The Bertz CT molecular complexity index is 3470. The Hall–Kier alpha value is -7.56. The third-order valence-electron chi connectivity index (χ3n) is 18.0. The molecular weight excluding hydrogens is 1000 g/mol. The molecule has 0 radical (unpaired) electrons. The molecule has 0 spiro atoms. The number of halogens is 2. The first-order chi connectivity index (χ1) is 38.4. The highest BCUT2D eigenvalue weighted by atomic mass is 19.1. The number of nitrogens with zero attached hydrogens (tertiary/aromatic N) is 5. The highest BCUT2D eigenvalue weighted by Crippen LogP contribution is 2.44. The largest absolute Gasteiger partial charge is 0.453 e. The smallest absolute Gasteiger partial charge is 0.407 e. The van der Waals surface area contributed by atoms with Crippen molar-refractivity contribution in [3.8, 4) is 33.4 Å². The van der Waals surface area contributed by atoms with Crippen molar-refractivity contribution in [2.24, 2.45) is 17.8 Å². The number of anilines is 1. The van der Waals surface area contributed by atoms with Gasteiger partial charge in [-0.15, -0.1) is 0 Å². The number of H-pyrrole nitrogens is 2. The minimum Gasteiger partial charge on any atom is -0.453 e. The molecule has 5 aromatic carbocycles. The SMILES string of the molecule is COC(=O)N[C@H](C(=O)N1CCC[C@H]1c1nc2cc(-c3cc(-c4cccc(N5CCC(C)CC5)c4)cc4c(-c5cc6nc([C@@H]7CCCN7C(=O)[C@@H](NC(=O)OC)C7CCCC7)[nH]c6cc5F)cccc34)c(F)cc2[nH]1)C1CCCC1. The molecule has 4 N–H and O–H groups in total. The molecule has 79 heavy (non-hydrogen) atoms. The van der Waals surface area contributed by atoms with E-state index >= 15 is 8.78 Å². The Balaban J connectivity index is 0.927. The zero-order valence-corrected chi connectivity index (χ0v) is 45.2. The van der Waals surface area contributed by atoms with Crippen molar-refractivity contribution in [3.63, 3.8) is 0 Å². The second kappa shape index (κ2) is 21.9. The molecule has 0 bridgehead atoms. The fourth-order valence-electron chi connectivity index (χ4n) is 13.7. The van der Waals surface area contributed by atoms with Gasteiger partial charge in [-0.2, -0.15) is 0 Å². The van der Waals surface area contributed by atoms with Gasteiger partial charge >= 0.3 is 12.2 Å². The summed E-state index contributed by atoms with van der Waals surface area (Å²) in [5.41, 5.74) is 6.75. The number of aromatic nitrogens is 4. The van der Waals surface area contributed by atoms with Crippen molar-refractivity contribution in [2.45, 2.75) is 121 Å². The van der Waals surface area contributed by atoms with E-state index in [1.807, 2.05) is 24.3 Å². The van der Waals surface area contributed by atoms with Gasteiger partial charge in [0.05, 0.1) is 48.4 Å². The number of rotatable bonds is 12. The lowest BCUT2D eigenvalue weighted by Crippen LogP contribution is -2.51. The fourth-order valence-corrected chi connectivity index (χ4v) is 13.7. The highest BCUT2D eigenvalue weighted by molar-refractivity contribution is 6.08. The molecule has 5 fully saturated rings. The number of hydrogen-bond acceptors (Lipinski definition) is 9. The molecule has 15 nitrogen and oxygen atoms in total. The molecule has 3 aliphatic heterocycles. The third kappa shape index (κ3) is 10.1. The summed E-state index contributed by atoms with van der Waals surface area (Å²) >= 11 is 0. The average molecular weight is 1070 g/mol. The summed E-state index contributed by atoms with van der Waals surface area (Å²) in [6.45, 7) is 5.20. The number of piperidine rings is 1. The summed E-state index contributed by atoms with van der Waals surface area (Å²) in [5.74, 6) is 0.491. The predicted molar refractivity (Wildman–Crippen MR) is 300 cm³/mol. The number of carbonyl (C=O) groups is 4. The highest BCUT2D eigenvalue weighted by Gasteiger charge is 2.42. The minimum absolute atomic E-state index is 0.00515. The van der Waals surface area contributed by atoms with Gasteiger partial charge in [0.2, 0.25) is 11.8 Å². The summed E-state index contributed by atoms with van der Waals surface area (Å²) in [6, 6.07) is 22.4. The van der Waals surface area contributed by atoms with Gasteiger partial charge in [0.1, 0.15) is 35.4 Å². The first-order valence-corrected chi connectivity index (χ1v) is 28.5. The second-order valence-corrected chi connectivity index (χ2v) is 22.8. The molecule has 4 atom stereocenters. The topological polar surface area (TPSA) is 178 Å². The van der Waals surface area contributed by atoms with E-state index in [9.17, 15) is 19.2 Å². The molecule has 2 aromatic heterocycles. The number of fused-ring (bicyclic) bond motifs is 3. The van der Waals surface area contributed by atoms with Crippen molar-refractivity contribution < 1.29 is 37.4 Å². The van der Waals surface area contributed by atoms with Gasteiger partial charge in [-0.25, -0.2) is 28.3 Å². The first kappa shape index (κ1) is 52.2. The van der Waals surface area contributed by atoms with E-state index in [1.54, 1.807) is 21.9 Å². The van der Waals surface area contributed by atoms with Crippen molar-refractivity contribution in [2.75, 3.05) is 45.3 Å². The summed E-state index contributed by atoms with van der Waals surface area (Å²) in [4.78, 5) is 76.6. The molecule has 5 heterocycles. The average Bonchev–Trinajstić information content (AvgIpc) is 4.45. The fraction of sp³-hybridized carbons (Fsp3) is 0.452. The number of aromatic amines is 2. The van der Waals surface area contributed by atoms with E-state index < -0.39 is 48.0 Å².